The van der Waals surface area contributed by atoms with E-state index in [-0.39, 0.29) is 29.1 Å². The number of nitrogens with one attached hydrogen (secondary N) is 1. The number of nitrogens with zero attached hydrogens (tertiary/aromatic N) is 3. The number of likely N-dealkylation sites (tertiary alicyclic amines) is 1. The number of carbonyl (C=O) groups is 1. The third-order valence-electron chi connectivity index (χ3n) is 4.44. The molecule has 1 unspecified atom stereocenters. The molecule has 2 aromatic rings. The second kappa shape index (κ2) is 7.55. The molecule has 0 radical (unpaired) electrons. The fourth-order valence-electron chi connectivity index (χ4n) is 3.11. The summed E-state index contributed by atoms with van der Waals surface area (Å²) in [5.74, 6) is -1.24. The normalized spacial score (nSPS) is 17.4. The minimum Gasteiger partial charge on any atom is -0.338 e. The summed E-state index contributed by atoms with van der Waals surface area (Å²) in [5, 5.41) is 2.76. The summed E-state index contributed by atoms with van der Waals surface area (Å²) in [6.45, 7) is 2.79. The number of halogens is 2. The van der Waals surface area contributed by atoms with Gasteiger partial charge in [-0.1, -0.05) is 6.92 Å². The van der Waals surface area contributed by atoms with Gasteiger partial charge < -0.3 is 10.2 Å². The number of hydrogen-bond donors (Lipinski definition) is 1. The molecule has 1 fully saturated rings. The van der Waals surface area contributed by atoms with E-state index in [2.05, 4.69) is 22.2 Å². The molecule has 3 rings (SSSR count). The van der Waals surface area contributed by atoms with Crippen molar-refractivity contribution in [1.29, 1.82) is 0 Å². The van der Waals surface area contributed by atoms with E-state index in [1.807, 2.05) is 4.90 Å². The Kier molecular flexibility index (Phi) is 5.21. The maximum atomic E-state index is 13.8. The van der Waals surface area contributed by atoms with Gasteiger partial charge in [0.15, 0.2) is 0 Å². The fourth-order valence-corrected chi connectivity index (χ4v) is 3.11. The number of aromatic nitrogens is 2. The standard InChI is InChI=1S/C18H20F2N4O/c1-2-13-5-3-4-8-24(13)18(25)16-10-17(22-11-21-16)23-15-7-6-12(19)9-14(15)20/h6-7,9-11,13H,2-5,8H2,1H3,(H,21,22,23). The molecule has 0 aliphatic carbocycles. The Hall–Kier alpha value is -2.57. The zero-order chi connectivity index (χ0) is 17.8. The lowest BCUT2D eigenvalue weighted by molar-refractivity contribution is 0.0602. The van der Waals surface area contributed by atoms with Crippen LogP contribution in [0.1, 0.15) is 43.1 Å². The van der Waals surface area contributed by atoms with Gasteiger partial charge in [-0.3, -0.25) is 4.79 Å². The first-order valence-corrected chi connectivity index (χ1v) is 8.43. The van der Waals surface area contributed by atoms with Crippen LogP contribution in [0, 0.1) is 11.6 Å². The van der Waals surface area contributed by atoms with Crippen LogP contribution in [-0.2, 0) is 0 Å². The van der Waals surface area contributed by atoms with E-state index in [4.69, 9.17) is 0 Å². The minimum absolute atomic E-state index is 0.0860. The molecule has 5 nitrogen and oxygen atoms in total. The zero-order valence-corrected chi connectivity index (χ0v) is 14.0. The van der Waals surface area contributed by atoms with Crippen LogP contribution in [0.5, 0.6) is 0 Å². The maximum absolute atomic E-state index is 13.8. The number of benzene rings is 1. The first kappa shape index (κ1) is 17.3. The molecule has 1 aromatic carbocycles. The third-order valence-corrected chi connectivity index (χ3v) is 4.44. The summed E-state index contributed by atoms with van der Waals surface area (Å²) >= 11 is 0. The Morgan fingerprint density at radius 2 is 2.12 bits per heavy atom. The van der Waals surface area contributed by atoms with Crippen molar-refractivity contribution in [2.75, 3.05) is 11.9 Å². The van der Waals surface area contributed by atoms with Crippen LogP contribution in [0.2, 0.25) is 0 Å². The van der Waals surface area contributed by atoms with Gasteiger partial charge in [-0.15, -0.1) is 0 Å². The highest BCUT2D eigenvalue weighted by atomic mass is 19.1. The first-order chi connectivity index (χ1) is 12.1. The molecule has 0 bridgehead atoms. The SMILES string of the molecule is CCC1CCCCN1C(=O)c1cc(Nc2ccc(F)cc2F)ncn1. The number of rotatable bonds is 4. The predicted octanol–water partition coefficient (Wildman–Crippen LogP) is 3.90. The molecule has 1 aromatic heterocycles. The highest BCUT2D eigenvalue weighted by Gasteiger charge is 2.27. The summed E-state index contributed by atoms with van der Waals surface area (Å²) in [6, 6.07) is 4.94. The highest BCUT2D eigenvalue weighted by molar-refractivity contribution is 5.93. The third kappa shape index (κ3) is 3.92. The summed E-state index contributed by atoms with van der Waals surface area (Å²) in [4.78, 5) is 22.7. The van der Waals surface area contributed by atoms with Gasteiger partial charge >= 0.3 is 0 Å². The van der Waals surface area contributed by atoms with E-state index in [0.29, 0.717) is 0 Å². The summed E-state index contributed by atoms with van der Waals surface area (Å²) < 4.78 is 26.8. The van der Waals surface area contributed by atoms with Crippen molar-refractivity contribution in [1.82, 2.24) is 14.9 Å². The van der Waals surface area contributed by atoms with Crippen molar-refractivity contribution in [3.8, 4) is 0 Å². The van der Waals surface area contributed by atoms with Crippen LogP contribution in [0.25, 0.3) is 0 Å². The van der Waals surface area contributed by atoms with Gasteiger partial charge in [0.25, 0.3) is 5.91 Å². The first-order valence-electron chi connectivity index (χ1n) is 8.43. The van der Waals surface area contributed by atoms with Gasteiger partial charge in [0.05, 0.1) is 5.69 Å². The maximum Gasteiger partial charge on any atom is 0.272 e. The lowest BCUT2D eigenvalue weighted by atomic mass is 9.99. The van der Waals surface area contributed by atoms with Gasteiger partial charge in [-0.25, -0.2) is 18.7 Å². The van der Waals surface area contributed by atoms with Crippen LogP contribution < -0.4 is 5.32 Å². The quantitative estimate of drug-likeness (QED) is 0.912. The topological polar surface area (TPSA) is 58.1 Å². The molecule has 1 N–H and O–H groups in total. The molecule has 7 heteroatoms. The van der Waals surface area contributed by atoms with Crippen molar-refractivity contribution < 1.29 is 13.6 Å². The molecule has 0 spiro atoms. The minimum atomic E-state index is -0.728. The number of carbonyl (C=O) groups excluding carboxylic acids is 1. The second-order valence-corrected chi connectivity index (χ2v) is 6.09. The van der Waals surface area contributed by atoms with Crippen LogP contribution >= 0.6 is 0 Å². The van der Waals surface area contributed by atoms with Crippen LogP contribution in [-0.4, -0.2) is 33.4 Å². The molecule has 25 heavy (non-hydrogen) atoms. The van der Waals surface area contributed by atoms with E-state index in [9.17, 15) is 13.6 Å². The highest BCUT2D eigenvalue weighted by Crippen LogP contribution is 2.23. The summed E-state index contributed by atoms with van der Waals surface area (Å²) in [5.41, 5.74) is 0.350. The van der Waals surface area contributed by atoms with Crippen LogP contribution in [0.15, 0.2) is 30.6 Å². The van der Waals surface area contributed by atoms with E-state index in [1.165, 1.54) is 18.5 Å². The average molecular weight is 346 g/mol. The number of piperidine rings is 1. The fraction of sp³-hybridized carbons (Fsp3) is 0.389. The Labute approximate surface area is 145 Å². The average Bonchev–Trinajstić information content (AvgIpc) is 2.63. The number of amides is 1. The lowest BCUT2D eigenvalue weighted by Crippen LogP contribution is -2.43. The number of hydrogen-bond acceptors (Lipinski definition) is 4. The second-order valence-electron chi connectivity index (χ2n) is 6.09. The van der Waals surface area contributed by atoms with E-state index < -0.39 is 11.6 Å². The van der Waals surface area contributed by atoms with E-state index >= 15 is 0 Å². The molecular weight excluding hydrogens is 326 g/mol. The molecule has 1 atom stereocenters. The van der Waals surface area contributed by atoms with Gasteiger partial charge in [-0.2, -0.15) is 0 Å². The van der Waals surface area contributed by atoms with Gasteiger partial charge in [0, 0.05) is 24.7 Å². The molecule has 1 saturated heterocycles. The smallest absolute Gasteiger partial charge is 0.272 e. The Bertz CT molecular complexity index is 768. The van der Waals surface area contributed by atoms with Crippen molar-refractivity contribution in [3.63, 3.8) is 0 Å². The van der Waals surface area contributed by atoms with Crippen LogP contribution in [0.3, 0.4) is 0 Å². The Morgan fingerprint density at radius 1 is 1.28 bits per heavy atom. The van der Waals surface area contributed by atoms with E-state index in [0.717, 1.165) is 44.4 Å². The van der Waals surface area contributed by atoms with Crippen molar-refractivity contribution in [3.05, 3.63) is 47.9 Å². The molecular formula is C18H20F2N4O. The Morgan fingerprint density at radius 3 is 2.88 bits per heavy atom. The molecule has 2 heterocycles. The van der Waals surface area contributed by atoms with Crippen molar-refractivity contribution in [2.24, 2.45) is 0 Å². The van der Waals surface area contributed by atoms with Gasteiger partial charge in [-0.05, 0) is 37.8 Å². The predicted molar refractivity (Wildman–Crippen MR) is 90.6 cm³/mol. The molecule has 0 saturated carbocycles. The van der Waals surface area contributed by atoms with Gasteiger partial charge in [0.1, 0.15) is 29.5 Å². The van der Waals surface area contributed by atoms with Crippen molar-refractivity contribution >= 4 is 17.4 Å². The lowest BCUT2D eigenvalue weighted by Gasteiger charge is -2.35. The summed E-state index contributed by atoms with van der Waals surface area (Å²) in [6.07, 6.45) is 5.28. The van der Waals surface area contributed by atoms with Crippen molar-refractivity contribution in [2.45, 2.75) is 38.6 Å². The van der Waals surface area contributed by atoms with Crippen LogP contribution in [0.4, 0.5) is 20.3 Å². The molecule has 1 aliphatic heterocycles. The Balaban J connectivity index is 1.80. The van der Waals surface area contributed by atoms with Gasteiger partial charge in [0.2, 0.25) is 0 Å². The molecule has 132 valence electrons. The zero-order valence-electron chi connectivity index (χ0n) is 14.0. The van der Waals surface area contributed by atoms with E-state index in [1.54, 1.807) is 0 Å². The molecule has 1 amide bonds. The molecule has 1 aliphatic rings. The number of anilines is 2. The monoisotopic (exact) mass is 346 g/mol. The summed E-state index contributed by atoms with van der Waals surface area (Å²) in [7, 11) is 0. The largest absolute Gasteiger partial charge is 0.338 e.